The molecule has 26 heavy (non-hydrogen) atoms. The van der Waals surface area contributed by atoms with Crippen LogP contribution >= 0.6 is 15.9 Å². The first kappa shape index (κ1) is 17.9. The van der Waals surface area contributed by atoms with E-state index in [0.717, 1.165) is 38.0 Å². The van der Waals surface area contributed by atoms with Gasteiger partial charge in [-0.15, -0.1) is 0 Å². The van der Waals surface area contributed by atoms with E-state index in [1.807, 2.05) is 12.1 Å². The minimum absolute atomic E-state index is 0.511. The number of carbonyl (C=O) groups is 1. The van der Waals surface area contributed by atoms with Gasteiger partial charge in [-0.2, -0.15) is 0 Å². The largest absolute Gasteiger partial charge is 0.449 e. The van der Waals surface area contributed by atoms with Crippen LogP contribution in [0.4, 0.5) is 0 Å². The Labute approximate surface area is 164 Å². The Bertz CT molecular complexity index is 996. The Morgan fingerprint density at radius 1 is 1.19 bits per heavy atom. The molecule has 1 amide bonds. The number of halogens is 1. The van der Waals surface area contributed by atoms with Crippen LogP contribution < -0.4 is 16.1 Å². The molecule has 133 valence electrons. The maximum Gasteiger partial charge on any atom is 0.270 e. The first-order valence-electron chi connectivity index (χ1n) is 8.76. The fraction of sp³-hybridized carbons (Fsp3) is 0.250. The molecule has 0 atom stereocenters. The number of carbonyl (C=O) groups excluding carboxylic acids is 1. The quantitative estimate of drug-likeness (QED) is 0.660. The normalized spacial score (nSPS) is 18.7. The number of benzene rings is 2. The average molecular weight is 443 g/mol. The summed E-state index contributed by atoms with van der Waals surface area (Å²) in [6.07, 6.45) is 5.20. The first-order chi connectivity index (χ1) is 12.1. The van der Waals surface area contributed by atoms with Crippen molar-refractivity contribution in [1.29, 1.82) is 0 Å². The zero-order valence-electron chi connectivity index (χ0n) is 15.4. The molecule has 2 aromatic carbocycles. The van der Waals surface area contributed by atoms with E-state index < -0.39 is 22.5 Å². The summed E-state index contributed by atoms with van der Waals surface area (Å²) in [5.74, 6) is -0.619. The van der Waals surface area contributed by atoms with Crippen LogP contribution in [0.2, 0.25) is 26.2 Å². The van der Waals surface area contributed by atoms with Crippen molar-refractivity contribution in [3.05, 3.63) is 51.5 Å². The highest BCUT2D eigenvalue weighted by molar-refractivity contribution is 9.10. The van der Waals surface area contributed by atoms with Crippen LogP contribution in [0.25, 0.3) is 17.2 Å². The standard InChI is InChI=1S/C20H21BrNO2Si2/c1-25(2)16-11-15(20(22)23)17(19(18(16)21)26(3,4)24-25)14-10-6-8-12-7-5-9-13(12)14/h5-6,8-11,22H,7H2,1-4H3. The molecule has 0 saturated carbocycles. The smallest absolute Gasteiger partial charge is 0.270 e. The summed E-state index contributed by atoms with van der Waals surface area (Å²) in [5.41, 5.74) is 12.8. The van der Waals surface area contributed by atoms with Gasteiger partial charge in [0.1, 0.15) is 0 Å². The van der Waals surface area contributed by atoms with E-state index >= 15 is 0 Å². The summed E-state index contributed by atoms with van der Waals surface area (Å²) < 4.78 is 7.79. The summed E-state index contributed by atoms with van der Waals surface area (Å²) >= 11 is 3.85. The maximum absolute atomic E-state index is 12.3. The Kier molecular flexibility index (Phi) is 3.97. The molecule has 4 rings (SSSR count). The molecule has 1 radical (unpaired) electrons. The molecule has 1 N–H and O–H groups in total. The van der Waals surface area contributed by atoms with E-state index in [1.165, 1.54) is 5.56 Å². The van der Waals surface area contributed by atoms with Crippen molar-refractivity contribution < 1.29 is 8.91 Å². The minimum Gasteiger partial charge on any atom is -0.449 e. The van der Waals surface area contributed by atoms with Crippen molar-refractivity contribution in [2.24, 2.45) is 0 Å². The SMILES string of the molecule is C[Si]1(C)O[Si](C)(C)c2c(Br)c1cc(C([NH])=O)c2-c1cccc2c1C=CC2. The topological polar surface area (TPSA) is 50.1 Å². The van der Waals surface area contributed by atoms with Gasteiger partial charge in [-0.05, 0) is 71.3 Å². The molecule has 0 fully saturated rings. The molecular weight excluding hydrogens is 422 g/mol. The molecule has 1 aliphatic carbocycles. The van der Waals surface area contributed by atoms with Gasteiger partial charge in [0.15, 0.2) is 0 Å². The van der Waals surface area contributed by atoms with Crippen LogP contribution in [0.5, 0.6) is 0 Å². The summed E-state index contributed by atoms with van der Waals surface area (Å²) in [6.45, 7) is 8.74. The van der Waals surface area contributed by atoms with E-state index in [1.54, 1.807) is 0 Å². The van der Waals surface area contributed by atoms with Crippen LogP contribution in [-0.4, -0.2) is 22.5 Å². The molecule has 6 heteroatoms. The Morgan fingerprint density at radius 2 is 1.92 bits per heavy atom. The predicted molar refractivity (Wildman–Crippen MR) is 115 cm³/mol. The molecule has 3 nitrogen and oxygen atoms in total. The molecule has 0 aromatic heterocycles. The summed E-state index contributed by atoms with van der Waals surface area (Å²) in [7, 11) is -4.35. The molecule has 2 aliphatic rings. The summed E-state index contributed by atoms with van der Waals surface area (Å²) in [6, 6.07) is 8.16. The van der Waals surface area contributed by atoms with Gasteiger partial charge in [0.2, 0.25) is 16.6 Å². The molecule has 0 spiro atoms. The van der Waals surface area contributed by atoms with Crippen molar-refractivity contribution >= 4 is 54.9 Å². The second-order valence-electron chi connectivity index (χ2n) is 7.97. The molecule has 2 aromatic rings. The number of hydrogen-bond donors (Lipinski definition) is 0. The molecule has 2 bridgehead atoms. The zero-order chi connectivity index (χ0) is 18.9. The molecule has 0 unspecified atom stereocenters. The lowest BCUT2D eigenvalue weighted by molar-refractivity contribution is 0.0993. The van der Waals surface area contributed by atoms with E-state index in [0.29, 0.717) is 5.56 Å². The molecule has 1 aliphatic heterocycles. The maximum atomic E-state index is 12.3. The van der Waals surface area contributed by atoms with Gasteiger partial charge in [-0.1, -0.05) is 46.3 Å². The lowest BCUT2D eigenvalue weighted by Gasteiger charge is -2.43. The van der Waals surface area contributed by atoms with Crippen LogP contribution in [0.1, 0.15) is 21.5 Å². The highest BCUT2D eigenvalue weighted by Gasteiger charge is 2.46. The van der Waals surface area contributed by atoms with Crippen molar-refractivity contribution in [3.8, 4) is 11.1 Å². The third-order valence-corrected chi connectivity index (χ3v) is 14.4. The highest BCUT2D eigenvalue weighted by Crippen LogP contribution is 2.38. The molecule has 1 heterocycles. The van der Waals surface area contributed by atoms with E-state index in [-0.39, 0.29) is 0 Å². The number of nitrogens with one attached hydrogen (secondary N) is 1. The average Bonchev–Trinajstić information content (AvgIpc) is 2.99. The Balaban J connectivity index is 2.16. The predicted octanol–water partition coefficient (Wildman–Crippen LogP) is 3.96. The van der Waals surface area contributed by atoms with Gasteiger partial charge in [-0.3, -0.25) is 10.5 Å². The highest BCUT2D eigenvalue weighted by atomic mass is 79.9. The van der Waals surface area contributed by atoms with Gasteiger partial charge < -0.3 is 4.12 Å². The van der Waals surface area contributed by atoms with Gasteiger partial charge >= 0.3 is 0 Å². The molecular formula is C20H21BrNO2Si2. The van der Waals surface area contributed by atoms with Gasteiger partial charge in [0.05, 0.1) is 0 Å². The summed E-state index contributed by atoms with van der Waals surface area (Å²) in [5, 5.41) is 2.20. The van der Waals surface area contributed by atoms with Gasteiger partial charge in [0.25, 0.3) is 5.91 Å². The van der Waals surface area contributed by atoms with E-state index in [9.17, 15) is 4.79 Å². The van der Waals surface area contributed by atoms with Gasteiger partial charge in [0, 0.05) is 10.0 Å². The van der Waals surface area contributed by atoms with Crippen LogP contribution in [0.3, 0.4) is 0 Å². The second-order valence-corrected chi connectivity index (χ2v) is 16.7. The fourth-order valence-electron chi connectivity index (χ4n) is 4.37. The number of allylic oxidation sites excluding steroid dienone is 1. The fourth-order valence-corrected chi connectivity index (χ4v) is 16.3. The van der Waals surface area contributed by atoms with Crippen LogP contribution in [-0.2, 0) is 10.5 Å². The second kappa shape index (κ2) is 5.76. The minimum atomic E-state index is -2.24. The number of fused-ring (bicyclic) bond motifs is 3. The zero-order valence-corrected chi connectivity index (χ0v) is 19.0. The van der Waals surface area contributed by atoms with Crippen molar-refractivity contribution in [2.75, 3.05) is 0 Å². The Morgan fingerprint density at radius 3 is 2.62 bits per heavy atom. The van der Waals surface area contributed by atoms with Crippen molar-refractivity contribution in [1.82, 2.24) is 5.73 Å². The van der Waals surface area contributed by atoms with E-state index in [2.05, 4.69) is 66.4 Å². The van der Waals surface area contributed by atoms with Crippen molar-refractivity contribution in [2.45, 2.75) is 32.6 Å². The molecule has 0 saturated heterocycles. The lowest BCUT2D eigenvalue weighted by Crippen LogP contribution is -2.65. The number of rotatable bonds is 2. The van der Waals surface area contributed by atoms with Crippen molar-refractivity contribution in [3.63, 3.8) is 0 Å². The third kappa shape index (κ3) is 2.51. The number of hydrogen-bond acceptors (Lipinski definition) is 2. The first-order valence-corrected chi connectivity index (χ1v) is 15.4. The Hall–Kier alpha value is -1.48. The lowest BCUT2D eigenvalue weighted by atomic mass is 9.93. The number of amides is 1. The van der Waals surface area contributed by atoms with Crippen LogP contribution in [0, 0.1) is 0 Å². The third-order valence-electron chi connectivity index (χ3n) is 5.36. The van der Waals surface area contributed by atoms with Crippen LogP contribution in [0.15, 0.2) is 34.8 Å². The summed E-state index contributed by atoms with van der Waals surface area (Å²) in [4.78, 5) is 12.3. The van der Waals surface area contributed by atoms with Gasteiger partial charge in [-0.25, -0.2) is 0 Å². The van der Waals surface area contributed by atoms with E-state index in [4.69, 9.17) is 9.85 Å². The monoisotopic (exact) mass is 442 g/mol.